The van der Waals surface area contributed by atoms with Crippen molar-refractivity contribution in [3.05, 3.63) is 0 Å². The second-order valence-corrected chi connectivity index (χ2v) is 5.00. The van der Waals surface area contributed by atoms with E-state index in [2.05, 4.69) is 25.7 Å². The SMILES string of the molecule is CC1CC2CCC(C1)N2C(C)C. The van der Waals surface area contributed by atoms with Crippen molar-refractivity contribution in [2.75, 3.05) is 0 Å². The molecular formula is C11H21N. The van der Waals surface area contributed by atoms with Crippen LogP contribution in [0, 0.1) is 5.92 Å². The molecule has 1 nitrogen and oxygen atoms in total. The van der Waals surface area contributed by atoms with E-state index in [1.165, 1.54) is 25.7 Å². The van der Waals surface area contributed by atoms with E-state index in [0.29, 0.717) is 0 Å². The van der Waals surface area contributed by atoms with Gasteiger partial charge in [0.15, 0.2) is 0 Å². The minimum atomic E-state index is 0.773. The maximum Gasteiger partial charge on any atom is 0.0104 e. The molecule has 2 aliphatic heterocycles. The molecule has 1 heteroatoms. The molecule has 0 aromatic rings. The molecule has 2 fully saturated rings. The second kappa shape index (κ2) is 3.02. The number of fused-ring (bicyclic) bond motifs is 2. The lowest BCUT2D eigenvalue weighted by molar-refractivity contribution is 0.0786. The first-order valence-electron chi connectivity index (χ1n) is 5.46. The summed E-state index contributed by atoms with van der Waals surface area (Å²) >= 11 is 0. The first kappa shape index (κ1) is 8.55. The fourth-order valence-corrected chi connectivity index (χ4v) is 3.33. The van der Waals surface area contributed by atoms with Crippen LogP contribution in [0.5, 0.6) is 0 Å². The Bertz CT molecular complexity index is 150. The van der Waals surface area contributed by atoms with Crippen LogP contribution in [0.25, 0.3) is 0 Å². The van der Waals surface area contributed by atoms with Crippen LogP contribution in [0.1, 0.15) is 46.5 Å². The van der Waals surface area contributed by atoms with Crippen LogP contribution in [0.3, 0.4) is 0 Å². The lowest BCUT2D eigenvalue weighted by atomic mass is 9.91. The molecule has 2 unspecified atom stereocenters. The Balaban J connectivity index is 2.09. The van der Waals surface area contributed by atoms with Gasteiger partial charge in [-0.1, -0.05) is 6.92 Å². The Kier molecular flexibility index (Phi) is 2.16. The van der Waals surface area contributed by atoms with Gasteiger partial charge >= 0.3 is 0 Å². The molecule has 2 rings (SSSR count). The van der Waals surface area contributed by atoms with E-state index in [1.807, 2.05) is 0 Å². The Morgan fingerprint density at radius 1 is 1.08 bits per heavy atom. The third-order valence-corrected chi connectivity index (χ3v) is 3.62. The number of rotatable bonds is 1. The predicted molar refractivity (Wildman–Crippen MR) is 52.2 cm³/mol. The number of hydrogen-bond acceptors (Lipinski definition) is 1. The number of piperidine rings is 1. The van der Waals surface area contributed by atoms with Crippen molar-refractivity contribution in [3.63, 3.8) is 0 Å². The molecule has 2 aliphatic rings. The van der Waals surface area contributed by atoms with Gasteiger partial charge in [0.1, 0.15) is 0 Å². The van der Waals surface area contributed by atoms with E-state index in [4.69, 9.17) is 0 Å². The van der Waals surface area contributed by atoms with Crippen LogP contribution in [-0.2, 0) is 0 Å². The van der Waals surface area contributed by atoms with Gasteiger partial charge in [0.05, 0.1) is 0 Å². The lowest BCUT2D eigenvalue weighted by Gasteiger charge is -2.40. The smallest absolute Gasteiger partial charge is 0.0104 e. The van der Waals surface area contributed by atoms with Gasteiger partial charge in [0.25, 0.3) is 0 Å². The first-order chi connectivity index (χ1) is 5.68. The Hall–Kier alpha value is -0.0400. The Labute approximate surface area is 76.1 Å². The van der Waals surface area contributed by atoms with E-state index in [0.717, 1.165) is 24.0 Å². The predicted octanol–water partition coefficient (Wildman–Crippen LogP) is 2.66. The zero-order valence-corrected chi connectivity index (χ0v) is 8.59. The fraction of sp³-hybridized carbons (Fsp3) is 1.00. The van der Waals surface area contributed by atoms with Crippen LogP contribution >= 0.6 is 0 Å². The minimum absolute atomic E-state index is 0.773. The molecule has 0 N–H and O–H groups in total. The van der Waals surface area contributed by atoms with Crippen molar-refractivity contribution in [1.29, 1.82) is 0 Å². The van der Waals surface area contributed by atoms with E-state index in [9.17, 15) is 0 Å². The van der Waals surface area contributed by atoms with Crippen LogP contribution in [0.4, 0.5) is 0 Å². The van der Waals surface area contributed by atoms with Gasteiger partial charge in [-0.05, 0) is 45.4 Å². The zero-order chi connectivity index (χ0) is 8.72. The average molecular weight is 167 g/mol. The molecule has 0 spiro atoms. The summed E-state index contributed by atoms with van der Waals surface area (Å²) in [6.07, 6.45) is 5.84. The zero-order valence-electron chi connectivity index (χ0n) is 8.59. The van der Waals surface area contributed by atoms with Gasteiger partial charge in [-0.25, -0.2) is 0 Å². The topological polar surface area (TPSA) is 3.24 Å². The molecule has 0 saturated carbocycles. The molecule has 70 valence electrons. The van der Waals surface area contributed by atoms with Crippen LogP contribution in [0.15, 0.2) is 0 Å². The molecule has 2 heterocycles. The van der Waals surface area contributed by atoms with Crippen molar-refractivity contribution in [3.8, 4) is 0 Å². The highest BCUT2D eigenvalue weighted by molar-refractivity contribution is 4.95. The minimum Gasteiger partial charge on any atom is -0.295 e. The van der Waals surface area contributed by atoms with Crippen molar-refractivity contribution in [2.24, 2.45) is 5.92 Å². The molecule has 2 atom stereocenters. The first-order valence-corrected chi connectivity index (χ1v) is 5.46. The summed E-state index contributed by atoms with van der Waals surface area (Å²) in [7, 11) is 0. The summed E-state index contributed by atoms with van der Waals surface area (Å²) in [5.41, 5.74) is 0. The number of nitrogens with zero attached hydrogens (tertiary/aromatic N) is 1. The van der Waals surface area contributed by atoms with Gasteiger partial charge in [-0.2, -0.15) is 0 Å². The van der Waals surface area contributed by atoms with Crippen LogP contribution in [0.2, 0.25) is 0 Å². The molecule has 0 aromatic heterocycles. The van der Waals surface area contributed by atoms with E-state index in [-0.39, 0.29) is 0 Å². The highest BCUT2D eigenvalue weighted by atomic mass is 15.2. The quantitative estimate of drug-likeness (QED) is 0.580. The molecule has 0 aliphatic carbocycles. The molecule has 0 amide bonds. The molecule has 0 aromatic carbocycles. The Morgan fingerprint density at radius 3 is 2.00 bits per heavy atom. The standard InChI is InChI=1S/C11H21N/c1-8(2)12-10-4-5-11(12)7-9(3)6-10/h8-11H,4-7H2,1-3H3. The van der Waals surface area contributed by atoms with Crippen molar-refractivity contribution < 1.29 is 0 Å². The maximum atomic E-state index is 2.76. The van der Waals surface area contributed by atoms with Gasteiger partial charge in [-0.15, -0.1) is 0 Å². The van der Waals surface area contributed by atoms with E-state index >= 15 is 0 Å². The highest BCUT2D eigenvalue weighted by Gasteiger charge is 2.40. The molecule has 0 radical (unpaired) electrons. The second-order valence-electron chi connectivity index (χ2n) is 5.00. The third kappa shape index (κ3) is 1.28. The lowest BCUT2D eigenvalue weighted by Crippen LogP contribution is -2.46. The van der Waals surface area contributed by atoms with Gasteiger partial charge in [0.2, 0.25) is 0 Å². The number of hydrogen-bond donors (Lipinski definition) is 0. The van der Waals surface area contributed by atoms with Gasteiger partial charge < -0.3 is 0 Å². The average Bonchev–Trinajstić information content (AvgIpc) is 2.24. The molecule has 12 heavy (non-hydrogen) atoms. The van der Waals surface area contributed by atoms with E-state index < -0.39 is 0 Å². The monoisotopic (exact) mass is 167 g/mol. The molecule has 2 saturated heterocycles. The van der Waals surface area contributed by atoms with Crippen LogP contribution < -0.4 is 0 Å². The largest absolute Gasteiger partial charge is 0.295 e. The summed E-state index contributed by atoms with van der Waals surface area (Å²) < 4.78 is 0. The molecular weight excluding hydrogens is 146 g/mol. The van der Waals surface area contributed by atoms with Crippen LogP contribution in [-0.4, -0.2) is 23.0 Å². The third-order valence-electron chi connectivity index (χ3n) is 3.62. The molecule has 2 bridgehead atoms. The summed E-state index contributed by atoms with van der Waals surface area (Å²) in [6.45, 7) is 7.12. The highest BCUT2D eigenvalue weighted by Crippen LogP contribution is 2.39. The Morgan fingerprint density at radius 2 is 1.58 bits per heavy atom. The van der Waals surface area contributed by atoms with E-state index in [1.54, 1.807) is 0 Å². The normalized spacial score (nSPS) is 42.5. The summed E-state index contributed by atoms with van der Waals surface area (Å²) in [4.78, 5) is 2.76. The summed E-state index contributed by atoms with van der Waals surface area (Å²) in [5, 5.41) is 0. The van der Waals surface area contributed by atoms with Crippen molar-refractivity contribution in [2.45, 2.75) is 64.6 Å². The van der Waals surface area contributed by atoms with Gasteiger partial charge in [-0.3, -0.25) is 4.90 Å². The van der Waals surface area contributed by atoms with Crippen molar-refractivity contribution in [1.82, 2.24) is 4.90 Å². The fourth-order valence-electron chi connectivity index (χ4n) is 3.33. The summed E-state index contributed by atoms with van der Waals surface area (Å²) in [5.74, 6) is 0.984. The van der Waals surface area contributed by atoms with Gasteiger partial charge in [0, 0.05) is 18.1 Å². The van der Waals surface area contributed by atoms with Crippen molar-refractivity contribution >= 4 is 0 Å². The maximum absolute atomic E-state index is 2.76. The summed E-state index contributed by atoms with van der Waals surface area (Å²) in [6, 6.07) is 2.63.